The maximum absolute atomic E-state index is 4.71. The second-order valence-electron chi connectivity index (χ2n) is 8.51. The summed E-state index contributed by atoms with van der Waals surface area (Å²) < 4.78 is 2.30. The number of rotatable bonds is 5. The van der Waals surface area contributed by atoms with Crippen LogP contribution in [0.5, 0.6) is 0 Å². The first kappa shape index (κ1) is 16.4. The van der Waals surface area contributed by atoms with E-state index in [0.717, 1.165) is 18.2 Å². The number of imidazole rings is 1. The lowest BCUT2D eigenvalue weighted by Crippen LogP contribution is -2.40. The van der Waals surface area contributed by atoms with Gasteiger partial charge in [0.2, 0.25) is 5.95 Å². The molecule has 0 aromatic carbocycles. The number of aryl methyl sites for hydroxylation is 2. The van der Waals surface area contributed by atoms with Gasteiger partial charge in [-0.05, 0) is 43.4 Å². The highest BCUT2D eigenvalue weighted by molar-refractivity contribution is 5.31. The Balaban J connectivity index is 2.10. The van der Waals surface area contributed by atoms with Gasteiger partial charge < -0.3 is 9.88 Å². The van der Waals surface area contributed by atoms with E-state index >= 15 is 0 Å². The van der Waals surface area contributed by atoms with Crippen molar-refractivity contribution < 1.29 is 0 Å². The van der Waals surface area contributed by atoms with Crippen LogP contribution < -0.4 is 5.32 Å². The molecular weight excluding hydrogens is 258 g/mol. The summed E-state index contributed by atoms with van der Waals surface area (Å²) in [7, 11) is 0. The topological polar surface area (TPSA) is 29.9 Å². The average molecular weight is 291 g/mol. The van der Waals surface area contributed by atoms with Gasteiger partial charge in [0.05, 0.1) is 5.69 Å². The molecule has 0 aliphatic heterocycles. The van der Waals surface area contributed by atoms with Gasteiger partial charge in [-0.1, -0.05) is 41.0 Å². The summed E-state index contributed by atoms with van der Waals surface area (Å²) in [5.74, 6) is 1.07. The zero-order valence-electron chi connectivity index (χ0n) is 14.8. The highest BCUT2D eigenvalue weighted by Crippen LogP contribution is 2.46. The quantitative estimate of drug-likeness (QED) is 0.826. The highest BCUT2D eigenvalue weighted by atomic mass is 15.2. The van der Waals surface area contributed by atoms with E-state index in [1.165, 1.54) is 32.1 Å². The normalized spacial score (nSPS) is 21.4. The maximum Gasteiger partial charge on any atom is 0.203 e. The molecule has 1 aliphatic carbocycles. The number of nitrogens with zero attached hydrogens (tertiary/aromatic N) is 2. The Morgan fingerprint density at radius 2 is 1.86 bits per heavy atom. The molecule has 1 saturated carbocycles. The summed E-state index contributed by atoms with van der Waals surface area (Å²) in [5.41, 5.74) is 1.94. The number of aromatic nitrogens is 2. The van der Waals surface area contributed by atoms with E-state index in [2.05, 4.69) is 57.6 Å². The predicted octanol–water partition coefficient (Wildman–Crippen LogP) is 5.01. The Hall–Kier alpha value is -0.990. The number of hydrogen-bond donors (Lipinski definition) is 1. The molecule has 21 heavy (non-hydrogen) atoms. The van der Waals surface area contributed by atoms with Crippen molar-refractivity contribution in [2.24, 2.45) is 10.8 Å². The fourth-order valence-corrected chi connectivity index (χ4v) is 4.29. The van der Waals surface area contributed by atoms with E-state index in [0.29, 0.717) is 16.9 Å². The van der Waals surface area contributed by atoms with Crippen LogP contribution in [0.3, 0.4) is 0 Å². The van der Waals surface area contributed by atoms with Crippen molar-refractivity contribution >= 4 is 5.95 Å². The van der Waals surface area contributed by atoms with E-state index in [1.54, 1.807) is 0 Å². The van der Waals surface area contributed by atoms with Gasteiger partial charge in [0, 0.05) is 18.8 Å². The van der Waals surface area contributed by atoms with Crippen LogP contribution in [0.1, 0.15) is 72.4 Å². The Bertz CT molecular complexity index is 455. The van der Waals surface area contributed by atoms with Crippen molar-refractivity contribution in [3.05, 3.63) is 11.9 Å². The molecular formula is C18H33N3. The minimum Gasteiger partial charge on any atom is -0.353 e. The van der Waals surface area contributed by atoms with E-state index in [9.17, 15) is 0 Å². The van der Waals surface area contributed by atoms with Crippen LogP contribution in [0.15, 0.2) is 6.20 Å². The van der Waals surface area contributed by atoms with Crippen LogP contribution in [-0.2, 0) is 6.54 Å². The van der Waals surface area contributed by atoms with E-state index < -0.39 is 0 Å². The third kappa shape index (κ3) is 4.49. The van der Waals surface area contributed by atoms with Crippen LogP contribution in [0.4, 0.5) is 5.95 Å². The van der Waals surface area contributed by atoms with Crippen LogP contribution >= 0.6 is 0 Å². The highest BCUT2D eigenvalue weighted by Gasteiger charge is 2.38. The SMILES string of the molecule is CCCCn1cc(C)nc1NC1CC(C)(C)CC(C)(C)C1. The number of anilines is 1. The third-order valence-corrected chi connectivity index (χ3v) is 4.54. The zero-order valence-corrected chi connectivity index (χ0v) is 14.8. The zero-order chi connectivity index (χ0) is 15.7. The molecule has 3 heteroatoms. The molecule has 1 aromatic heterocycles. The molecule has 0 atom stereocenters. The van der Waals surface area contributed by atoms with E-state index in [4.69, 9.17) is 4.98 Å². The summed E-state index contributed by atoms with van der Waals surface area (Å²) in [6, 6.07) is 0.533. The molecule has 1 aromatic rings. The molecule has 0 amide bonds. The lowest BCUT2D eigenvalue weighted by atomic mass is 9.63. The average Bonchev–Trinajstić information content (AvgIpc) is 2.62. The Kier molecular flexibility index (Phi) is 4.69. The molecule has 1 fully saturated rings. The first-order chi connectivity index (χ1) is 9.71. The lowest BCUT2D eigenvalue weighted by molar-refractivity contribution is 0.105. The van der Waals surface area contributed by atoms with Gasteiger partial charge in [0.25, 0.3) is 0 Å². The first-order valence-corrected chi connectivity index (χ1v) is 8.51. The van der Waals surface area contributed by atoms with Crippen LogP contribution in [0.25, 0.3) is 0 Å². The molecule has 3 nitrogen and oxygen atoms in total. The Morgan fingerprint density at radius 1 is 1.24 bits per heavy atom. The minimum atomic E-state index is 0.412. The van der Waals surface area contributed by atoms with Gasteiger partial charge in [-0.2, -0.15) is 0 Å². The summed E-state index contributed by atoms with van der Waals surface area (Å²) in [6.45, 7) is 15.0. The van der Waals surface area contributed by atoms with Crippen LogP contribution in [-0.4, -0.2) is 15.6 Å². The Morgan fingerprint density at radius 3 is 2.43 bits per heavy atom. The van der Waals surface area contributed by atoms with Gasteiger partial charge in [-0.3, -0.25) is 0 Å². The molecule has 0 radical (unpaired) electrons. The van der Waals surface area contributed by atoms with Crippen LogP contribution in [0, 0.1) is 17.8 Å². The second kappa shape index (κ2) is 6.02. The summed E-state index contributed by atoms with van der Waals surface area (Å²) >= 11 is 0. The fourth-order valence-electron chi connectivity index (χ4n) is 4.29. The summed E-state index contributed by atoms with van der Waals surface area (Å²) in [4.78, 5) is 4.71. The monoisotopic (exact) mass is 291 g/mol. The second-order valence-corrected chi connectivity index (χ2v) is 8.51. The van der Waals surface area contributed by atoms with Crippen LogP contribution in [0.2, 0.25) is 0 Å². The first-order valence-electron chi connectivity index (χ1n) is 8.51. The molecule has 0 spiro atoms. The van der Waals surface area contributed by atoms with Crippen molar-refractivity contribution in [3.8, 4) is 0 Å². The van der Waals surface area contributed by atoms with Gasteiger partial charge >= 0.3 is 0 Å². The molecule has 2 rings (SSSR count). The molecule has 1 heterocycles. The van der Waals surface area contributed by atoms with E-state index in [1.807, 2.05) is 0 Å². The van der Waals surface area contributed by atoms with Crippen molar-refractivity contribution in [2.45, 2.75) is 86.2 Å². The molecule has 0 unspecified atom stereocenters. The molecule has 1 aliphatic rings. The number of unbranched alkanes of at least 4 members (excludes halogenated alkanes) is 1. The summed E-state index contributed by atoms with van der Waals surface area (Å²) in [6.07, 6.45) is 8.39. The van der Waals surface area contributed by atoms with Gasteiger partial charge in [-0.15, -0.1) is 0 Å². The number of nitrogens with one attached hydrogen (secondary N) is 1. The number of hydrogen-bond acceptors (Lipinski definition) is 2. The van der Waals surface area contributed by atoms with Crippen molar-refractivity contribution in [3.63, 3.8) is 0 Å². The smallest absolute Gasteiger partial charge is 0.203 e. The van der Waals surface area contributed by atoms with Gasteiger partial charge in [0.1, 0.15) is 0 Å². The summed E-state index contributed by atoms with van der Waals surface area (Å²) in [5, 5.41) is 3.74. The van der Waals surface area contributed by atoms with Gasteiger partial charge in [0.15, 0.2) is 0 Å². The van der Waals surface area contributed by atoms with Crippen molar-refractivity contribution in [2.75, 3.05) is 5.32 Å². The van der Waals surface area contributed by atoms with E-state index in [-0.39, 0.29) is 0 Å². The standard InChI is InChI=1S/C18H33N3/c1-7-8-9-21-12-14(2)19-16(21)20-15-10-17(3,4)13-18(5,6)11-15/h12,15H,7-11,13H2,1-6H3,(H,19,20). The third-order valence-electron chi connectivity index (χ3n) is 4.54. The van der Waals surface area contributed by atoms with Crippen molar-refractivity contribution in [1.82, 2.24) is 9.55 Å². The molecule has 0 saturated heterocycles. The lowest BCUT2D eigenvalue weighted by Gasteiger charge is -2.45. The molecule has 1 N–H and O–H groups in total. The van der Waals surface area contributed by atoms with Gasteiger partial charge in [-0.25, -0.2) is 4.98 Å². The largest absolute Gasteiger partial charge is 0.353 e. The van der Waals surface area contributed by atoms with Crippen molar-refractivity contribution in [1.29, 1.82) is 0 Å². The maximum atomic E-state index is 4.71. The fraction of sp³-hybridized carbons (Fsp3) is 0.833. The molecule has 120 valence electrons. The minimum absolute atomic E-state index is 0.412. The predicted molar refractivity (Wildman–Crippen MR) is 90.7 cm³/mol. The Labute approximate surface area is 130 Å². The molecule has 0 bridgehead atoms.